The lowest BCUT2D eigenvalue weighted by atomic mass is 9.98. The number of piperidine rings is 1. The third-order valence-electron chi connectivity index (χ3n) is 4.35. The van der Waals surface area contributed by atoms with Crippen LogP contribution >= 0.6 is 0 Å². The van der Waals surface area contributed by atoms with Gasteiger partial charge in [0.25, 0.3) is 0 Å². The maximum absolute atomic E-state index is 3.63. The molecule has 102 valence electrons. The van der Waals surface area contributed by atoms with Crippen LogP contribution in [-0.2, 0) is 13.6 Å². The minimum Gasteiger partial charge on any atom is -0.352 e. The van der Waals surface area contributed by atoms with E-state index in [2.05, 4.69) is 48.8 Å². The van der Waals surface area contributed by atoms with Crippen LogP contribution in [0.5, 0.6) is 0 Å². The highest BCUT2D eigenvalue weighted by Crippen LogP contribution is 2.15. The van der Waals surface area contributed by atoms with E-state index in [1.807, 2.05) is 0 Å². The number of likely N-dealkylation sites (tertiary alicyclic amines) is 1. The average molecular weight is 249 g/mol. The number of aryl methyl sites for hydroxylation is 1. The van der Waals surface area contributed by atoms with Gasteiger partial charge in [-0.3, -0.25) is 0 Å². The van der Waals surface area contributed by atoms with Crippen molar-refractivity contribution in [2.45, 2.75) is 33.2 Å². The highest BCUT2D eigenvalue weighted by atomic mass is 15.1. The van der Waals surface area contributed by atoms with E-state index in [0.29, 0.717) is 0 Å². The maximum atomic E-state index is 3.63. The molecule has 1 aliphatic heterocycles. The zero-order valence-corrected chi connectivity index (χ0v) is 12.3. The highest BCUT2D eigenvalue weighted by molar-refractivity contribution is 5.26. The van der Waals surface area contributed by atoms with E-state index in [-0.39, 0.29) is 0 Å². The summed E-state index contributed by atoms with van der Waals surface area (Å²) in [4.78, 5) is 2.45. The van der Waals surface area contributed by atoms with Crippen LogP contribution in [0.4, 0.5) is 0 Å². The molecule has 0 amide bonds. The SMILES string of the molecule is Cc1cc(CNCC2CCCN(C)C2)c(C)n1C. The van der Waals surface area contributed by atoms with Crippen LogP contribution in [0.2, 0.25) is 0 Å². The summed E-state index contributed by atoms with van der Waals surface area (Å²) >= 11 is 0. The molecule has 1 unspecified atom stereocenters. The first-order chi connectivity index (χ1) is 8.58. The van der Waals surface area contributed by atoms with E-state index in [9.17, 15) is 0 Å². The van der Waals surface area contributed by atoms with Gasteiger partial charge in [-0.15, -0.1) is 0 Å². The van der Waals surface area contributed by atoms with Crippen LogP contribution < -0.4 is 5.32 Å². The Morgan fingerprint density at radius 2 is 2.11 bits per heavy atom. The fourth-order valence-electron chi connectivity index (χ4n) is 2.96. The second-order valence-electron chi connectivity index (χ2n) is 5.86. The largest absolute Gasteiger partial charge is 0.352 e. The van der Waals surface area contributed by atoms with Crippen LogP contribution in [0.15, 0.2) is 6.07 Å². The third-order valence-corrected chi connectivity index (χ3v) is 4.35. The first kappa shape index (κ1) is 13.6. The van der Waals surface area contributed by atoms with Crippen molar-refractivity contribution in [3.05, 3.63) is 23.0 Å². The van der Waals surface area contributed by atoms with Crippen molar-refractivity contribution in [3.8, 4) is 0 Å². The van der Waals surface area contributed by atoms with E-state index in [1.54, 1.807) is 0 Å². The van der Waals surface area contributed by atoms with Gasteiger partial charge < -0.3 is 14.8 Å². The minimum absolute atomic E-state index is 0.828. The lowest BCUT2D eigenvalue weighted by Gasteiger charge is -2.29. The molecule has 1 aliphatic rings. The van der Waals surface area contributed by atoms with Crippen molar-refractivity contribution in [2.24, 2.45) is 13.0 Å². The molecule has 3 heteroatoms. The predicted octanol–water partition coefficient (Wildman–Crippen LogP) is 2.07. The van der Waals surface area contributed by atoms with Gasteiger partial charge in [0.1, 0.15) is 0 Å². The van der Waals surface area contributed by atoms with Crippen molar-refractivity contribution >= 4 is 0 Å². The number of nitrogens with zero attached hydrogens (tertiary/aromatic N) is 2. The molecule has 18 heavy (non-hydrogen) atoms. The summed E-state index contributed by atoms with van der Waals surface area (Å²) in [5.41, 5.74) is 4.18. The van der Waals surface area contributed by atoms with E-state index < -0.39 is 0 Å². The number of rotatable bonds is 4. The highest BCUT2D eigenvalue weighted by Gasteiger charge is 2.16. The number of aromatic nitrogens is 1. The Morgan fingerprint density at radius 3 is 2.72 bits per heavy atom. The Hall–Kier alpha value is -0.800. The van der Waals surface area contributed by atoms with Crippen molar-refractivity contribution in [1.82, 2.24) is 14.8 Å². The molecular weight excluding hydrogens is 222 g/mol. The Kier molecular flexibility index (Phi) is 4.46. The molecule has 1 aromatic heterocycles. The molecule has 2 rings (SSSR count). The Balaban J connectivity index is 1.79. The topological polar surface area (TPSA) is 20.2 Å². The van der Waals surface area contributed by atoms with Crippen LogP contribution in [0.1, 0.15) is 29.8 Å². The molecule has 0 aromatic carbocycles. The van der Waals surface area contributed by atoms with E-state index >= 15 is 0 Å². The Bertz CT molecular complexity index is 395. The molecule has 0 aliphatic carbocycles. The molecule has 3 nitrogen and oxygen atoms in total. The van der Waals surface area contributed by atoms with Gasteiger partial charge in [0.2, 0.25) is 0 Å². The van der Waals surface area contributed by atoms with Gasteiger partial charge in [-0.2, -0.15) is 0 Å². The lowest BCUT2D eigenvalue weighted by molar-refractivity contribution is 0.206. The Labute approximate surface area is 111 Å². The molecule has 1 fully saturated rings. The van der Waals surface area contributed by atoms with Gasteiger partial charge in [-0.1, -0.05) is 0 Å². The van der Waals surface area contributed by atoms with Crippen molar-refractivity contribution in [3.63, 3.8) is 0 Å². The lowest BCUT2D eigenvalue weighted by Crippen LogP contribution is -2.37. The smallest absolute Gasteiger partial charge is 0.0223 e. The normalized spacial score (nSPS) is 21.4. The summed E-state index contributed by atoms with van der Waals surface area (Å²) in [6.07, 6.45) is 2.73. The van der Waals surface area contributed by atoms with Gasteiger partial charge in [-0.05, 0) is 64.4 Å². The van der Waals surface area contributed by atoms with Crippen molar-refractivity contribution in [2.75, 3.05) is 26.7 Å². The monoisotopic (exact) mass is 249 g/mol. The standard InChI is InChI=1S/C15H27N3/c1-12-8-15(13(2)18(12)4)10-16-9-14-6-5-7-17(3)11-14/h8,14,16H,5-7,9-11H2,1-4H3. The van der Waals surface area contributed by atoms with E-state index in [0.717, 1.165) is 19.0 Å². The molecule has 1 aromatic rings. The number of hydrogen-bond donors (Lipinski definition) is 1. The molecule has 0 spiro atoms. The zero-order chi connectivity index (χ0) is 13.1. The summed E-state index contributed by atoms with van der Waals surface area (Å²) in [5, 5.41) is 3.63. The first-order valence-electron chi connectivity index (χ1n) is 7.09. The summed E-state index contributed by atoms with van der Waals surface area (Å²) < 4.78 is 2.27. The van der Waals surface area contributed by atoms with Gasteiger partial charge in [0.15, 0.2) is 0 Å². The van der Waals surface area contributed by atoms with Crippen molar-refractivity contribution < 1.29 is 0 Å². The quantitative estimate of drug-likeness (QED) is 0.881. The molecule has 0 bridgehead atoms. The summed E-state index contributed by atoms with van der Waals surface area (Å²) in [6, 6.07) is 2.30. The fourth-order valence-corrected chi connectivity index (χ4v) is 2.96. The van der Waals surface area contributed by atoms with Crippen molar-refractivity contribution in [1.29, 1.82) is 0 Å². The van der Waals surface area contributed by atoms with Crippen LogP contribution in [0, 0.1) is 19.8 Å². The van der Waals surface area contributed by atoms with E-state index in [1.165, 1.54) is 42.9 Å². The molecular formula is C15H27N3. The molecule has 1 saturated heterocycles. The van der Waals surface area contributed by atoms with Crippen LogP contribution in [-0.4, -0.2) is 36.1 Å². The molecule has 1 N–H and O–H groups in total. The van der Waals surface area contributed by atoms with Gasteiger partial charge in [0.05, 0.1) is 0 Å². The number of hydrogen-bond acceptors (Lipinski definition) is 2. The second-order valence-corrected chi connectivity index (χ2v) is 5.86. The van der Waals surface area contributed by atoms with Crippen LogP contribution in [0.25, 0.3) is 0 Å². The maximum Gasteiger partial charge on any atom is 0.0223 e. The first-order valence-corrected chi connectivity index (χ1v) is 7.09. The fraction of sp³-hybridized carbons (Fsp3) is 0.733. The average Bonchev–Trinajstić information content (AvgIpc) is 2.57. The second kappa shape index (κ2) is 5.89. The number of nitrogens with one attached hydrogen (secondary N) is 1. The summed E-state index contributed by atoms with van der Waals surface area (Å²) in [7, 11) is 4.38. The van der Waals surface area contributed by atoms with Gasteiger partial charge >= 0.3 is 0 Å². The summed E-state index contributed by atoms with van der Waals surface area (Å²) in [6.45, 7) is 9.06. The zero-order valence-electron chi connectivity index (χ0n) is 12.3. The van der Waals surface area contributed by atoms with Crippen LogP contribution in [0.3, 0.4) is 0 Å². The molecule has 0 radical (unpaired) electrons. The molecule has 1 atom stereocenters. The van der Waals surface area contributed by atoms with E-state index in [4.69, 9.17) is 0 Å². The predicted molar refractivity (Wildman–Crippen MR) is 76.8 cm³/mol. The summed E-state index contributed by atoms with van der Waals surface area (Å²) in [5.74, 6) is 0.828. The Morgan fingerprint density at radius 1 is 1.33 bits per heavy atom. The minimum atomic E-state index is 0.828. The molecule has 2 heterocycles. The van der Waals surface area contributed by atoms with Gasteiger partial charge in [-0.25, -0.2) is 0 Å². The third kappa shape index (κ3) is 3.15. The van der Waals surface area contributed by atoms with Gasteiger partial charge in [0, 0.05) is 31.5 Å². The molecule has 0 saturated carbocycles.